The van der Waals surface area contributed by atoms with Crippen LogP contribution in [0.4, 0.5) is 0 Å². The number of rotatable bonds is 8. The molecule has 0 aromatic heterocycles. The summed E-state index contributed by atoms with van der Waals surface area (Å²) in [6.45, 7) is 8.74. The van der Waals surface area contributed by atoms with Crippen molar-refractivity contribution in [3.05, 3.63) is 12.5 Å². The number of hydrogen-bond donors (Lipinski definition) is 2. The van der Waals surface area contributed by atoms with Crippen LogP contribution in [-0.2, 0) is 4.74 Å². The van der Waals surface area contributed by atoms with E-state index in [1.165, 1.54) is 11.4 Å². The van der Waals surface area contributed by atoms with Gasteiger partial charge in [-0.3, -0.25) is 0 Å². The van der Waals surface area contributed by atoms with Crippen molar-refractivity contribution in [2.75, 3.05) is 33.8 Å². The van der Waals surface area contributed by atoms with Gasteiger partial charge in [0.15, 0.2) is 5.88 Å². The highest BCUT2D eigenvalue weighted by Crippen LogP contribution is 1.89. The van der Waals surface area contributed by atoms with Crippen LogP contribution in [-0.4, -0.2) is 33.8 Å². The van der Waals surface area contributed by atoms with Crippen molar-refractivity contribution in [2.24, 2.45) is 0 Å². The molecule has 0 aliphatic carbocycles. The fraction of sp³-hybridized carbons (Fsp3) is 0.800. The molecule has 2 N–H and O–H groups in total. The Kier molecular flexibility index (Phi) is 7.50. The molecule has 3 heteroatoms. The van der Waals surface area contributed by atoms with E-state index in [4.69, 9.17) is 4.74 Å². The lowest BCUT2D eigenvalue weighted by molar-refractivity contribution is -0.858. The number of ether oxygens (including phenoxy) is 1. The molecular formula is C10H23N2O+. The van der Waals surface area contributed by atoms with Crippen molar-refractivity contribution in [1.82, 2.24) is 5.32 Å². The average molecular weight is 187 g/mol. The molecule has 0 amide bonds. The summed E-state index contributed by atoms with van der Waals surface area (Å²) in [5.74, 6) is 0.704. The molecule has 13 heavy (non-hydrogen) atoms. The van der Waals surface area contributed by atoms with Crippen molar-refractivity contribution in [2.45, 2.75) is 19.8 Å². The Bertz CT molecular complexity index is 135. The molecule has 0 aliphatic heterocycles. The van der Waals surface area contributed by atoms with Crippen LogP contribution in [0.15, 0.2) is 12.5 Å². The standard InChI is InChI=1S/C10H22N2O/c1-5-9-13-10(2)11-7-6-8-12(3)4/h11H,2,5-9H2,1,3-4H3/p+1. The van der Waals surface area contributed by atoms with Gasteiger partial charge in [0.25, 0.3) is 0 Å². The molecule has 78 valence electrons. The first-order valence-corrected chi connectivity index (χ1v) is 5.01. The zero-order valence-corrected chi connectivity index (χ0v) is 9.15. The molecule has 0 unspecified atom stereocenters. The number of hydrogen-bond acceptors (Lipinski definition) is 2. The summed E-state index contributed by atoms with van der Waals surface area (Å²) >= 11 is 0. The Morgan fingerprint density at radius 2 is 2.15 bits per heavy atom. The fourth-order valence-electron chi connectivity index (χ4n) is 0.946. The molecule has 0 aromatic carbocycles. The summed E-state index contributed by atoms with van der Waals surface area (Å²) in [5, 5.41) is 3.14. The first-order valence-electron chi connectivity index (χ1n) is 5.01. The minimum atomic E-state index is 0.704. The van der Waals surface area contributed by atoms with Gasteiger partial charge in [0, 0.05) is 13.0 Å². The largest absolute Gasteiger partial charge is 0.480 e. The molecule has 0 heterocycles. The van der Waals surface area contributed by atoms with E-state index in [1.807, 2.05) is 0 Å². The third kappa shape index (κ3) is 9.21. The Morgan fingerprint density at radius 3 is 2.69 bits per heavy atom. The number of nitrogens with one attached hydrogen (secondary N) is 2. The highest BCUT2D eigenvalue weighted by atomic mass is 16.5. The normalized spacial score (nSPS) is 10.2. The maximum Gasteiger partial charge on any atom is 0.179 e. The molecule has 0 bridgehead atoms. The third-order valence-electron chi connectivity index (χ3n) is 1.66. The lowest BCUT2D eigenvalue weighted by Gasteiger charge is -2.11. The van der Waals surface area contributed by atoms with E-state index in [1.54, 1.807) is 0 Å². The fourth-order valence-corrected chi connectivity index (χ4v) is 0.946. The highest BCUT2D eigenvalue weighted by molar-refractivity contribution is 4.77. The van der Waals surface area contributed by atoms with Gasteiger partial charge in [-0.25, -0.2) is 0 Å². The third-order valence-corrected chi connectivity index (χ3v) is 1.66. The molecule has 0 aromatic rings. The van der Waals surface area contributed by atoms with Crippen LogP contribution < -0.4 is 10.2 Å². The van der Waals surface area contributed by atoms with Gasteiger partial charge in [-0.2, -0.15) is 0 Å². The van der Waals surface area contributed by atoms with Gasteiger partial charge in [-0.15, -0.1) is 0 Å². The Balaban J connectivity index is 3.17. The molecule has 0 rings (SSSR count). The molecule has 0 atom stereocenters. The van der Waals surface area contributed by atoms with Crippen LogP contribution in [0, 0.1) is 0 Å². The Morgan fingerprint density at radius 1 is 1.46 bits per heavy atom. The average Bonchev–Trinajstić information content (AvgIpc) is 2.08. The lowest BCUT2D eigenvalue weighted by atomic mass is 10.4. The van der Waals surface area contributed by atoms with Gasteiger partial charge < -0.3 is 15.0 Å². The summed E-state index contributed by atoms with van der Waals surface area (Å²) in [5.41, 5.74) is 0. The van der Waals surface area contributed by atoms with Crippen LogP contribution in [0.2, 0.25) is 0 Å². The molecular weight excluding hydrogens is 164 g/mol. The highest BCUT2D eigenvalue weighted by Gasteiger charge is 1.95. The van der Waals surface area contributed by atoms with E-state index in [-0.39, 0.29) is 0 Å². The molecule has 0 radical (unpaired) electrons. The molecule has 0 fully saturated rings. The Labute approximate surface area is 81.8 Å². The minimum absolute atomic E-state index is 0.704. The van der Waals surface area contributed by atoms with Gasteiger partial charge in [0.1, 0.15) is 0 Å². The predicted octanol–water partition coefficient (Wildman–Crippen LogP) is 0.00840. The summed E-state index contributed by atoms with van der Waals surface area (Å²) in [4.78, 5) is 1.47. The maximum atomic E-state index is 5.29. The predicted molar refractivity (Wildman–Crippen MR) is 55.7 cm³/mol. The first kappa shape index (κ1) is 12.3. The van der Waals surface area contributed by atoms with Gasteiger partial charge in [-0.1, -0.05) is 6.92 Å². The van der Waals surface area contributed by atoms with E-state index in [9.17, 15) is 0 Å². The molecule has 0 aliphatic rings. The van der Waals surface area contributed by atoms with Gasteiger partial charge in [0.2, 0.25) is 0 Å². The van der Waals surface area contributed by atoms with Crippen molar-refractivity contribution in [3.63, 3.8) is 0 Å². The van der Waals surface area contributed by atoms with Crippen molar-refractivity contribution < 1.29 is 9.64 Å². The summed E-state index contributed by atoms with van der Waals surface area (Å²) in [6.07, 6.45) is 2.18. The van der Waals surface area contributed by atoms with E-state index in [2.05, 4.69) is 32.9 Å². The van der Waals surface area contributed by atoms with E-state index in [0.29, 0.717) is 5.88 Å². The number of quaternary nitrogens is 1. The van der Waals surface area contributed by atoms with Gasteiger partial charge in [0.05, 0.1) is 27.2 Å². The van der Waals surface area contributed by atoms with Crippen molar-refractivity contribution in [3.8, 4) is 0 Å². The van der Waals surface area contributed by atoms with Crippen LogP contribution in [0.3, 0.4) is 0 Å². The smallest absolute Gasteiger partial charge is 0.179 e. The minimum Gasteiger partial charge on any atom is -0.480 e. The monoisotopic (exact) mass is 187 g/mol. The zero-order valence-electron chi connectivity index (χ0n) is 9.15. The lowest BCUT2D eigenvalue weighted by Crippen LogP contribution is -3.05. The topological polar surface area (TPSA) is 25.7 Å². The molecule has 0 saturated carbocycles. The SMILES string of the molecule is C=C(NCCC[NH+](C)C)OCCC. The Hall–Kier alpha value is -0.700. The summed E-state index contributed by atoms with van der Waals surface area (Å²) in [6, 6.07) is 0. The van der Waals surface area contributed by atoms with Crippen LogP contribution >= 0.6 is 0 Å². The van der Waals surface area contributed by atoms with Crippen molar-refractivity contribution in [1.29, 1.82) is 0 Å². The molecule has 3 nitrogen and oxygen atoms in total. The quantitative estimate of drug-likeness (QED) is 0.413. The zero-order chi connectivity index (χ0) is 10.1. The van der Waals surface area contributed by atoms with Crippen LogP contribution in [0.5, 0.6) is 0 Å². The van der Waals surface area contributed by atoms with Gasteiger partial charge in [-0.05, 0) is 13.0 Å². The maximum absolute atomic E-state index is 5.29. The second kappa shape index (κ2) is 7.92. The van der Waals surface area contributed by atoms with E-state index in [0.717, 1.165) is 26.0 Å². The van der Waals surface area contributed by atoms with Crippen LogP contribution in [0.25, 0.3) is 0 Å². The van der Waals surface area contributed by atoms with Crippen molar-refractivity contribution >= 4 is 0 Å². The summed E-state index contributed by atoms with van der Waals surface area (Å²) in [7, 11) is 4.31. The first-order chi connectivity index (χ1) is 6.16. The second-order valence-electron chi connectivity index (χ2n) is 3.51. The molecule has 0 saturated heterocycles. The second-order valence-corrected chi connectivity index (χ2v) is 3.51. The van der Waals surface area contributed by atoms with E-state index >= 15 is 0 Å². The van der Waals surface area contributed by atoms with E-state index < -0.39 is 0 Å². The molecule has 0 spiro atoms. The van der Waals surface area contributed by atoms with Gasteiger partial charge >= 0.3 is 0 Å². The summed E-state index contributed by atoms with van der Waals surface area (Å²) < 4.78 is 5.29. The van der Waals surface area contributed by atoms with Crippen LogP contribution in [0.1, 0.15) is 19.8 Å².